The molecule has 0 spiro atoms. The van der Waals surface area contributed by atoms with Crippen molar-refractivity contribution in [1.82, 2.24) is 0 Å². The van der Waals surface area contributed by atoms with Crippen molar-refractivity contribution in [2.45, 2.75) is 26.4 Å². The zero-order chi connectivity index (χ0) is 17.5. The fourth-order valence-corrected chi connectivity index (χ4v) is 3.43. The summed E-state index contributed by atoms with van der Waals surface area (Å²) in [5.74, 6) is 0.143. The number of primary amides is 1. The fraction of sp³-hybridized carbons (Fsp3) is 0.316. The van der Waals surface area contributed by atoms with E-state index in [0.717, 1.165) is 28.7 Å². The summed E-state index contributed by atoms with van der Waals surface area (Å²) < 4.78 is 24.0. The highest BCUT2D eigenvalue weighted by molar-refractivity contribution is 5.72. The van der Waals surface area contributed by atoms with Gasteiger partial charge in [0.15, 0.2) is 0 Å². The molecule has 5 heteroatoms. The summed E-state index contributed by atoms with van der Waals surface area (Å²) in [5.41, 5.74) is 8.78. The van der Waals surface area contributed by atoms with Crippen LogP contribution in [0.25, 0.3) is 11.1 Å². The van der Waals surface area contributed by atoms with E-state index in [1.165, 1.54) is 19.2 Å². The first-order chi connectivity index (χ1) is 11.3. The van der Waals surface area contributed by atoms with Crippen molar-refractivity contribution >= 4 is 6.09 Å². The smallest absolute Gasteiger partial charge is 0.405 e. The lowest BCUT2D eigenvalue weighted by Crippen LogP contribution is -2.25. The number of methoxy groups -OCH3 is 1. The highest BCUT2D eigenvalue weighted by atomic mass is 19.1. The van der Waals surface area contributed by atoms with Crippen LogP contribution >= 0.6 is 0 Å². The molecule has 0 heterocycles. The molecule has 0 aromatic heterocycles. The monoisotopic (exact) mass is 329 g/mol. The topological polar surface area (TPSA) is 61.6 Å². The Kier molecular flexibility index (Phi) is 3.95. The van der Waals surface area contributed by atoms with Gasteiger partial charge in [-0.3, -0.25) is 0 Å². The fourth-order valence-electron chi connectivity index (χ4n) is 3.43. The van der Waals surface area contributed by atoms with Crippen molar-refractivity contribution in [2.75, 3.05) is 7.11 Å². The molecule has 0 radical (unpaired) electrons. The number of nitrogens with two attached hydrogens (primary N) is 1. The first-order valence-electron chi connectivity index (χ1n) is 7.74. The highest BCUT2D eigenvalue weighted by Crippen LogP contribution is 2.48. The number of carbonyl (C=O) groups excluding carboxylic acids is 1. The molecule has 2 aromatic carbocycles. The van der Waals surface area contributed by atoms with Crippen LogP contribution in [0.2, 0.25) is 0 Å². The molecule has 2 N–H and O–H groups in total. The van der Waals surface area contributed by atoms with Crippen molar-refractivity contribution < 1.29 is 18.7 Å². The van der Waals surface area contributed by atoms with Crippen LogP contribution in [0.3, 0.4) is 0 Å². The van der Waals surface area contributed by atoms with Crippen LogP contribution in [0.5, 0.6) is 5.75 Å². The number of carbonyl (C=O) groups is 1. The minimum atomic E-state index is -0.773. The lowest BCUT2D eigenvalue weighted by atomic mass is 9.87. The van der Waals surface area contributed by atoms with Gasteiger partial charge in [-0.25, -0.2) is 9.18 Å². The molecular formula is C19H20FNO3. The van der Waals surface area contributed by atoms with E-state index >= 15 is 0 Å². The van der Waals surface area contributed by atoms with Gasteiger partial charge in [-0.2, -0.15) is 0 Å². The van der Waals surface area contributed by atoms with Gasteiger partial charge in [0, 0.05) is 17.0 Å². The van der Waals surface area contributed by atoms with Crippen LogP contribution in [0, 0.1) is 11.2 Å². The number of benzene rings is 2. The second-order valence-electron chi connectivity index (χ2n) is 6.74. The predicted octanol–water partition coefficient (Wildman–Crippen LogP) is 4.22. The number of rotatable bonds is 3. The van der Waals surface area contributed by atoms with Gasteiger partial charge >= 0.3 is 6.09 Å². The van der Waals surface area contributed by atoms with Gasteiger partial charge < -0.3 is 15.2 Å². The van der Waals surface area contributed by atoms with Crippen LogP contribution in [-0.4, -0.2) is 13.2 Å². The Morgan fingerprint density at radius 1 is 1.25 bits per heavy atom. The largest absolute Gasteiger partial charge is 0.496 e. The zero-order valence-electron chi connectivity index (χ0n) is 13.9. The molecule has 1 atom stereocenters. The summed E-state index contributed by atoms with van der Waals surface area (Å²) in [7, 11) is 1.52. The molecule has 1 amide bonds. The maximum atomic E-state index is 13.4. The molecule has 24 heavy (non-hydrogen) atoms. The summed E-state index contributed by atoms with van der Waals surface area (Å²) in [5, 5.41) is 0. The quantitative estimate of drug-likeness (QED) is 0.917. The summed E-state index contributed by atoms with van der Waals surface area (Å²) >= 11 is 0. The zero-order valence-corrected chi connectivity index (χ0v) is 13.9. The maximum absolute atomic E-state index is 13.4. The van der Waals surface area contributed by atoms with Crippen LogP contribution < -0.4 is 10.5 Å². The maximum Gasteiger partial charge on any atom is 0.405 e. The summed E-state index contributed by atoms with van der Waals surface area (Å²) in [4.78, 5) is 11.2. The van der Waals surface area contributed by atoms with Crippen LogP contribution in [0.1, 0.15) is 31.1 Å². The average Bonchev–Trinajstić information content (AvgIpc) is 2.76. The Morgan fingerprint density at radius 2 is 2.00 bits per heavy atom. The van der Waals surface area contributed by atoms with Crippen molar-refractivity contribution in [1.29, 1.82) is 0 Å². The lowest BCUT2D eigenvalue weighted by Gasteiger charge is -2.26. The van der Waals surface area contributed by atoms with Crippen molar-refractivity contribution in [3.8, 4) is 16.9 Å². The van der Waals surface area contributed by atoms with Gasteiger partial charge in [-0.15, -0.1) is 0 Å². The minimum Gasteiger partial charge on any atom is -0.496 e. The molecule has 1 aliphatic carbocycles. The predicted molar refractivity (Wildman–Crippen MR) is 89.3 cm³/mol. The molecule has 1 unspecified atom stereocenters. The average molecular weight is 329 g/mol. The Balaban J connectivity index is 2.04. The standard InChI is InChI=1S/C19H20FNO3/c1-19(2)10-12-8-11(4-6-15(12)17(19)24-18(21)22)14-7-5-13(20)9-16(14)23-3/h4-9,17H,10H2,1-3H3,(H2,21,22). The van der Waals surface area contributed by atoms with Gasteiger partial charge in [-0.1, -0.05) is 32.0 Å². The van der Waals surface area contributed by atoms with E-state index < -0.39 is 6.09 Å². The molecule has 1 aliphatic rings. The molecule has 0 saturated heterocycles. The van der Waals surface area contributed by atoms with Crippen molar-refractivity contribution in [3.05, 3.63) is 53.3 Å². The van der Waals surface area contributed by atoms with Crippen LogP contribution in [0.15, 0.2) is 36.4 Å². The summed E-state index contributed by atoms with van der Waals surface area (Å²) in [6.45, 7) is 4.08. The first kappa shape index (κ1) is 16.3. The number of amides is 1. The van der Waals surface area contributed by atoms with E-state index in [-0.39, 0.29) is 17.3 Å². The summed E-state index contributed by atoms with van der Waals surface area (Å²) in [6, 6.07) is 10.4. The van der Waals surface area contributed by atoms with Crippen LogP contribution in [0.4, 0.5) is 9.18 Å². The van der Waals surface area contributed by atoms with E-state index in [9.17, 15) is 9.18 Å². The highest BCUT2D eigenvalue weighted by Gasteiger charge is 2.41. The summed E-state index contributed by atoms with van der Waals surface area (Å²) in [6.07, 6.45) is -0.378. The molecule has 0 bridgehead atoms. The van der Waals surface area contributed by atoms with E-state index in [1.54, 1.807) is 6.07 Å². The Bertz CT molecular complexity index is 801. The van der Waals surface area contributed by atoms with E-state index in [1.807, 2.05) is 32.0 Å². The second kappa shape index (κ2) is 5.82. The number of hydrogen-bond donors (Lipinski definition) is 1. The first-order valence-corrected chi connectivity index (χ1v) is 7.74. The lowest BCUT2D eigenvalue weighted by molar-refractivity contribution is 0.0392. The third-order valence-electron chi connectivity index (χ3n) is 4.49. The number of hydrogen-bond acceptors (Lipinski definition) is 3. The SMILES string of the molecule is COc1cc(F)ccc1-c1ccc2c(c1)CC(C)(C)C2OC(N)=O. The Labute approximate surface area is 140 Å². The van der Waals surface area contributed by atoms with Gasteiger partial charge in [0.25, 0.3) is 0 Å². The third-order valence-corrected chi connectivity index (χ3v) is 4.49. The second-order valence-corrected chi connectivity index (χ2v) is 6.74. The molecular weight excluding hydrogens is 309 g/mol. The van der Waals surface area contributed by atoms with Crippen LogP contribution in [-0.2, 0) is 11.2 Å². The van der Waals surface area contributed by atoms with Gasteiger partial charge in [0.05, 0.1) is 7.11 Å². The number of halogens is 1. The molecule has 0 fully saturated rings. The third kappa shape index (κ3) is 2.82. The van der Waals surface area contributed by atoms with Gasteiger partial charge in [-0.05, 0) is 35.2 Å². The van der Waals surface area contributed by atoms with E-state index in [4.69, 9.17) is 15.2 Å². The van der Waals surface area contributed by atoms with Gasteiger partial charge in [0.1, 0.15) is 17.7 Å². The van der Waals surface area contributed by atoms with Gasteiger partial charge in [0.2, 0.25) is 0 Å². The molecule has 0 saturated carbocycles. The van der Waals surface area contributed by atoms with Crippen molar-refractivity contribution in [3.63, 3.8) is 0 Å². The van der Waals surface area contributed by atoms with Crippen molar-refractivity contribution in [2.24, 2.45) is 11.1 Å². The van der Waals surface area contributed by atoms with E-state index in [0.29, 0.717) is 5.75 Å². The Hall–Kier alpha value is -2.56. The minimum absolute atomic E-state index is 0.233. The molecule has 126 valence electrons. The number of ether oxygens (including phenoxy) is 2. The molecule has 2 aromatic rings. The molecule has 4 nitrogen and oxygen atoms in total. The number of fused-ring (bicyclic) bond motifs is 1. The van der Waals surface area contributed by atoms with E-state index in [2.05, 4.69) is 0 Å². The molecule has 3 rings (SSSR count). The Morgan fingerprint density at radius 3 is 2.67 bits per heavy atom. The molecule has 0 aliphatic heterocycles. The normalized spacial score (nSPS) is 18.1.